The largest absolute Gasteiger partial charge is 0.516 e. The zero-order valence-corrected chi connectivity index (χ0v) is 17.0. The normalized spacial score (nSPS) is 23.4. The van der Waals surface area contributed by atoms with Crippen LogP contribution >= 0.6 is 11.3 Å². The van der Waals surface area contributed by atoms with E-state index < -0.39 is 15.5 Å². The minimum absolute atomic E-state index is 0.121. The molecule has 162 valence electrons. The fourth-order valence-electron chi connectivity index (χ4n) is 3.64. The van der Waals surface area contributed by atoms with E-state index in [1.807, 2.05) is 0 Å². The molecule has 12 heteroatoms. The van der Waals surface area contributed by atoms with Gasteiger partial charge in [-0.3, -0.25) is 9.52 Å². The van der Waals surface area contributed by atoms with Crippen LogP contribution in [0, 0.1) is 0 Å². The van der Waals surface area contributed by atoms with Gasteiger partial charge in [0.15, 0.2) is 5.06 Å². The van der Waals surface area contributed by atoms with Crippen molar-refractivity contribution < 1.29 is 31.1 Å². The predicted molar refractivity (Wildman–Crippen MR) is 105 cm³/mol. The second kappa shape index (κ2) is 7.75. The molecule has 0 saturated carbocycles. The molecule has 2 aromatic rings. The first-order chi connectivity index (χ1) is 14.1. The molecule has 7 nitrogen and oxygen atoms in total. The van der Waals surface area contributed by atoms with Gasteiger partial charge in [0.25, 0.3) is 5.91 Å². The number of halogens is 3. The molecule has 0 radical (unpaired) electrons. The quantitative estimate of drug-likeness (QED) is 0.613. The van der Waals surface area contributed by atoms with E-state index in [2.05, 4.69) is 10.6 Å². The first kappa shape index (κ1) is 20.9. The molecule has 4 rings (SSSR count). The van der Waals surface area contributed by atoms with E-state index in [1.165, 1.54) is 16.9 Å². The van der Waals surface area contributed by atoms with Crippen LogP contribution in [0.1, 0.15) is 28.9 Å². The van der Waals surface area contributed by atoms with Crippen molar-refractivity contribution in [3.05, 3.63) is 41.3 Å². The standard InChI is InChI=1S/C18H18F3N3O4S2/c19-18(20,21)30(26,27)24-10-1-4-12(5-2-10)28-16-8-7-15(29-16)17(25)23-14-9-11-3-6-13(14)22-11/h1-2,4-5,7-8,11,13-14,22,24H,3,6,9H2,(H,23,25). The lowest BCUT2D eigenvalue weighted by Gasteiger charge is -2.20. The zero-order chi connectivity index (χ0) is 21.5. The summed E-state index contributed by atoms with van der Waals surface area (Å²) < 4.78 is 66.5. The second-order valence-electron chi connectivity index (χ2n) is 7.16. The Morgan fingerprint density at radius 2 is 1.87 bits per heavy atom. The molecule has 2 aliphatic heterocycles. The van der Waals surface area contributed by atoms with Crippen molar-refractivity contribution in [3.63, 3.8) is 0 Å². The van der Waals surface area contributed by atoms with Crippen LogP contribution in [0.4, 0.5) is 18.9 Å². The van der Waals surface area contributed by atoms with Gasteiger partial charge < -0.3 is 15.4 Å². The van der Waals surface area contributed by atoms with E-state index in [4.69, 9.17) is 4.74 Å². The molecule has 1 aromatic heterocycles. The van der Waals surface area contributed by atoms with Gasteiger partial charge in [0.2, 0.25) is 0 Å². The third-order valence-corrected chi connectivity index (χ3v) is 7.13. The molecular formula is C18H18F3N3O4S2. The van der Waals surface area contributed by atoms with E-state index >= 15 is 0 Å². The number of hydrogen-bond acceptors (Lipinski definition) is 6. The average Bonchev–Trinajstić information content (AvgIpc) is 3.39. The lowest BCUT2D eigenvalue weighted by atomic mass is 9.95. The number of benzene rings is 1. The predicted octanol–water partition coefficient (Wildman–Crippen LogP) is 3.42. The number of ether oxygens (including phenoxy) is 1. The van der Waals surface area contributed by atoms with Crippen LogP contribution in [0.5, 0.6) is 10.8 Å². The third kappa shape index (κ3) is 4.40. The molecule has 2 aliphatic rings. The Morgan fingerprint density at radius 1 is 1.13 bits per heavy atom. The van der Waals surface area contributed by atoms with Gasteiger partial charge in [0.05, 0.1) is 4.88 Å². The number of alkyl halides is 3. The van der Waals surface area contributed by atoms with Gasteiger partial charge in [-0.15, -0.1) is 0 Å². The minimum atomic E-state index is -5.48. The highest BCUT2D eigenvalue weighted by atomic mass is 32.2. The van der Waals surface area contributed by atoms with Crippen molar-refractivity contribution in [1.82, 2.24) is 10.6 Å². The van der Waals surface area contributed by atoms with E-state index in [0.29, 0.717) is 22.0 Å². The molecule has 2 bridgehead atoms. The summed E-state index contributed by atoms with van der Waals surface area (Å²) in [5, 5.41) is 6.93. The van der Waals surface area contributed by atoms with Crippen molar-refractivity contribution in [1.29, 1.82) is 0 Å². The Kier molecular flexibility index (Phi) is 5.41. The van der Waals surface area contributed by atoms with Crippen LogP contribution in [0.25, 0.3) is 0 Å². The summed E-state index contributed by atoms with van der Waals surface area (Å²) in [6.45, 7) is 0. The number of thiophene rings is 1. The van der Waals surface area contributed by atoms with Gasteiger partial charge in [0, 0.05) is 23.8 Å². The maximum Gasteiger partial charge on any atom is 0.516 e. The Bertz CT molecular complexity index is 1040. The molecule has 3 heterocycles. The Labute approximate surface area is 174 Å². The monoisotopic (exact) mass is 461 g/mol. The molecule has 1 aromatic carbocycles. The Balaban J connectivity index is 1.35. The van der Waals surface area contributed by atoms with Crippen LogP contribution < -0.4 is 20.1 Å². The summed E-state index contributed by atoms with van der Waals surface area (Å²) in [5.74, 6) is 0.113. The van der Waals surface area contributed by atoms with Crippen molar-refractivity contribution in [2.45, 2.75) is 42.9 Å². The molecule has 2 saturated heterocycles. The first-order valence-corrected chi connectivity index (χ1v) is 11.4. The summed E-state index contributed by atoms with van der Waals surface area (Å²) in [5.41, 5.74) is -5.64. The third-order valence-electron chi connectivity index (χ3n) is 5.05. The smallest absolute Gasteiger partial charge is 0.447 e. The minimum Gasteiger partial charge on any atom is -0.447 e. The molecule has 30 heavy (non-hydrogen) atoms. The maximum atomic E-state index is 12.5. The lowest BCUT2D eigenvalue weighted by molar-refractivity contribution is -0.0429. The van der Waals surface area contributed by atoms with Gasteiger partial charge in [-0.05, 0) is 55.7 Å². The van der Waals surface area contributed by atoms with Crippen LogP contribution in [0.15, 0.2) is 36.4 Å². The number of carbonyl (C=O) groups is 1. The van der Waals surface area contributed by atoms with Crippen molar-refractivity contribution >= 4 is 33.0 Å². The molecule has 3 unspecified atom stereocenters. The van der Waals surface area contributed by atoms with Gasteiger partial charge in [-0.2, -0.15) is 21.6 Å². The highest BCUT2D eigenvalue weighted by Gasteiger charge is 2.46. The highest BCUT2D eigenvalue weighted by molar-refractivity contribution is 7.93. The Hall–Kier alpha value is -2.31. The first-order valence-electron chi connectivity index (χ1n) is 9.14. The van der Waals surface area contributed by atoms with E-state index in [-0.39, 0.29) is 23.4 Å². The van der Waals surface area contributed by atoms with Gasteiger partial charge in [-0.1, -0.05) is 11.3 Å². The number of fused-ring (bicyclic) bond motifs is 2. The number of sulfonamides is 1. The van der Waals surface area contributed by atoms with Crippen LogP contribution in [0.3, 0.4) is 0 Å². The molecule has 2 fully saturated rings. The number of carbonyl (C=O) groups excluding carboxylic acids is 1. The van der Waals surface area contributed by atoms with Gasteiger partial charge >= 0.3 is 15.5 Å². The summed E-state index contributed by atoms with van der Waals surface area (Å²) >= 11 is 1.14. The SMILES string of the molecule is O=C(NC1CC2CCC1N2)c1ccc(Oc2ccc(NS(=O)(=O)C(F)(F)F)cc2)s1. The summed E-state index contributed by atoms with van der Waals surface area (Å²) in [6, 6.07) is 9.15. The van der Waals surface area contributed by atoms with Crippen LogP contribution in [-0.2, 0) is 10.0 Å². The molecule has 3 N–H and O–H groups in total. The zero-order valence-electron chi connectivity index (χ0n) is 15.4. The Morgan fingerprint density at radius 3 is 2.47 bits per heavy atom. The second-order valence-corrected chi connectivity index (χ2v) is 9.88. The van der Waals surface area contributed by atoms with Crippen molar-refractivity contribution in [2.24, 2.45) is 0 Å². The van der Waals surface area contributed by atoms with Crippen LogP contribution in [0.2, 0.25) is 0 Å². The number of nitrogens with one attached hydrogen (secondary N) is 3. The van der Waals surface area contributed by atoms with Gasteiger partial charge in [-0.25, -0.2) is 0 Å². The topological polar surface area (TPSA) is 96.5 Å². The summed E-state index contributed by atoms with van der Waals surface area (Å²) in [7, 11) is -5.48. The molecule has 1 amide bonds. The molecular weight excluding hydrogens is 443 g/mol. The van der Waals surface area contributed by atoms with Crippen LogP contribution in [-0.4, -0.2) is 38.0 Å². The van der Waals surface area contributed by atoms with E-state index in [0.717, 1.165) is 42.7 Å². The van der Waals surface area contributed by atoms with E-state index in [9.17, 15) is 26.4 Å². The highest BCUT2D eigenvalue weighted by Crippen LogP contribution is 2.32. The maximum absolute atomic E-state index is 12.5. The molecule has 0 spiro atoms. The number of amides is 1. The summed E-state index contributed by atoms with van der Waals surface area (Å²) in [6.07, 6.45) is 3.13. The number of hydrogen-bond donors (Lipinski definition) is 3. The number of anilines is 1. The fraction of sp³-hybridized carbons (Fsp3) is 0.389. The van der Waals surface area contributed by atoms with Crippen molar-refractivity contribution in [2.75, 3.05) is 4.72 Å². The molecule has 3 atom stereocenters. The van der Waals surface area contributed by atoms with Gasteiger partial charge in [0.1, 0.15) is 5.75 Å². The lowest BCUT2D eigenvalue weighted by Crippen LogP contribution is -2.42. The van der Waals surface area contributed by atoms with E-state index in [1.54, 1.807) is 12.1 Å². The fourth-order valence-corrected chi connectivity index (χ4v) is 4.98. The summed E-state index contributed by atoms with van der Waals surface area (Å²) in [4.78, 5) is 12.9. The molecule has 0 aliphatic carbocycles. The average molecular weight is 461 g/mol. The van der Waals surface area contributed by atoms with Crippen molar-refractivity contribution in [3.8, 4) is 10.8 Å². The number of rotatable bonds is 6.